The van der Waals surface area contributed by atoms with Crippen LogP contribution in [0, 0.1) is 5.92 Å². The van der Waals surface area contributed by atoms with E-state index in [1.54, 1.807) is 0 Å². The Morgan fingerprint density at radius 1 is 1.33 bits per heavy atom. The molecular formula is C9H16N2O3S. The number of hydrogen-bond acceptors (Lipinski definition) is 3. The SMILES string of the molecule is CC1CC2CN(S(C)(=O)=O)CC(=O)N2C1. The Bertz CT molecular complexity index is 379. The van der Waals surface area contributed by atoms with Crippen molar-refractivity contribution in [2.75, 3.05) is 25.9 Å². The maximum Gasteiger partial charge on any atom is 0.238 e. The molecule has 15 heavy (non-hydrogen) atoms. The lowest BCUT2D eigenvalue weighted by Crippen LogP contribution is -2.54. The zero-order valence-electron chi connectivity index (χ0n) is 9.01. The van der Waals surface area contributed by atoms with Gasteiger partial charge in [0.05, 0.1) is 12.8 Å². The number of piperazine rings is 1. The lowest BCUT2D eigenvalue weighted by Gasteiger charge is -2.35. The summed E-state index contributed by atoms with van der Waals surface area (Å²) >= 11 is 0. The fraction of sp³-hybridized carbons (Fsp3) is 0.889. The van der Waals surface area contributed by atoms with E-state index in [2.05, 4.69) is 6.92 Å². The van der Waals surface area contributed by atoms with Crippen LogP contribution in [0.1, 0.15) is 13.3 Å². The van der Waals surface area contributed by atoms with Crippen LogP contribution >= 0.6 is 0 Å². The Morgan fingerprint density at radius 2 is 2.00 bits per heavy atom. The van der Waals surface area contributed by atoms with E-state index in [1.807, 2.05) is 4.90 Å². The quantitative estimate of drug-likeness (QED) is 0.612. The van der Waals surface area contributed by atoms with E-state index in [0.717, 1.165) is 19.2 Å². The molecule has 2 fully saturated rings. The van der Waals surface area contributed by atoms with Gasteiger partial charge in [0.15, 0.2) is 0 Å². The summed E-state index contributed by atoms with van der Waals surface area (Å²) in [5.74, 6) is 0.430. The standard InChI is InChI=1S/C9H16N2O3S/c1-7-3-8-5-10(15(2,13)14)6-9(12)11(8)4-7/h7-8H,3-6H2,1-2H3. The first-order chi connectivity index (χ1) is 6.88. The van der Waals surface area contributed by atoms with E-state index in [-0.39, 0.29) is 18.5 Å². The maximum atomic E-state index is 11.7. The third kappa shape index (κ3) is 2.01. The van der Waals surface area contributed by atoms with E-state index in [4.69, 9.17) is 0 Å². The van der Waals surface area contributed by atoms with E-state index in [1.165, 1.54) is 4.31 Å². The highest BCUT2D eigenvalue weighted by molar-refractivity contribution is 7.88. The van der Waals surface area contributed by atoms with Gasteiger partial charge in [-0.15, -0.1) is 0 Å². The summed E-state index contributed by atoms with van der Waals surface area (Å²) in [4.78, 5) is 13.5. The molecule has 2 rings (SSSR count). The van der Waals surface area contributed by atoms with Crippen molar-refractivity contribution in [3.05, 3.63) is 0 Å². The van der Waals surface area contributed by atoms with Gasteiger partial charge in [0, 0.05) is 19.1 Å². The highest BCUT2D eigenvalue weighted by Gasteiger charge is 2.40. The van der Waals surface area contributed by atoms with E-state index in [0.29, 0.717) is 12.5 Å². The monoisotopic (exact) mass is 232 g/mol. The largest absolute Gasteiger partial charge is 0.337 e. The number of rotatable bonds is 1. The van der Waals surface area contributed by atoms with Gasteiger partial charge in [-0.2, -0.15) is 4.31 Å². The molecule has 6 heteroatoms. The van der Waals surface area contributed by atoms with Crippen LogP contribution in [-0.4, -0.2) is 55.5 Å². The summed E-state index contributed by atoms with van der Waals surface area (Å²) in [6.45, 7) is 3.36. The minimum absolute atomic E-state index is 0.0159. The topological polar surface area (TPSA) is 57.7 Å². The summed E-state index contributed by atoms with van der Waals surface area (Å²) in [5.41, 5.74) is 0. The zero-order valence-corrected chi connectivity index (χ0v) is 9.83. The van der Waals surface area contributed by atoms with Crippen LogP contribution in [-0.2, 0) is 14.8 Å². The fourth-order valence-corrected chi connectivity index (χ4v) is 3.21. The van der Waals surface area contributed by atoms with Crippen LogP contribution in [0.3, 0.4) is 0 Å². The Balaban J connectivity index is 2.17. The third-order valence-electron chi connectivity index (χ3n) is 3.14. The molecule has 2 heterocycles. The van der Waals surface area contributed by atoms with Gasteiger partial charge in [0.25, 0.3) is 0 Å². The van der Waals surface area contributed by atoms with Crippen molar-refractivity contribution in [2.45, 2.75) is 19.4 Å². The van der Waals surface area contributed by atoms with Crippen molar-refractivity contribution in [3.63, 3.8) is 0 Å². The molecule has 1 amide bonds. The number of sulfonamides is 1. The smallest absolute Gasteiger partial charge is 0.238 e. The Morgan fingerprint density at radius 3 is 2.60 bits per heavy atom. The molecule has 0 aromatic carbocycles. The summed E-state index contributed by atoms with van der Waals surface area (Å²) in [5, 5.41) is 0. The zero-order chi connectivity index (χ0) is 11.2. The average molecular weight is 232 g/mol. The van der Waals surface area contributed by atoms with Crippen molar-refractivity contribution in [3.8, 4) is 0 Å². The second-order valence-electron chi connectivity index (χ2n) is 4.60. The van der Waals surface area contributed by atoms with Crippen LogP contribution in [0.15, 0.2) is 0 Å². The van der Waals surface area contributed by atoms with E-state index in [9.17, 15) is 13.2 Å². The summed E-state index contributed by atoms with van der Waals surface area (Å²) in [6, 6.07) is 0.0935. The first-order valence-corrected chi connectivity index (χ1v) is 6.97. The molecule has 0 aromatic heterocycles. The van der Waals surface area contributed by atoms with Crippen LogP contribution in [0.5, 0.6) is 0 Å². The summed E-state index contributed by atoms with van der Waals surface area (Å²) in [7, 11) is -3.23. The van der Waals surface area contributed by atoms with Crippen molar-refractivity contribution >= 4 is 15.9 Å². The average Bonchev–Trinajstić information content (AvgIpc) is 2.44. The van der Waals surface area contributed by atoms with Crippen LogP contribution in [0.4, 0.5) is 0 Å². The third-order valence-corrected chi connectivity index (χ3v) is 4.36. The molecule has 0 N–H and O–H groups in total. The van der Waals surface area contributed by atoms with Gasteiger partial charge in [-0.05, 0) is 12.3 Å². The second kappa shape index (κ2) is 3.45. The second-order valence-corrected chi connectivity index (χ2v) is 6.58. The van der Waals surface area contributed by atoms with Gasteiger partial charge in [0.2, 0.25) is 15.9 Å². The normalized spacial score (nSPS) is 33.2. The number of hydrogen-bond donors (Lipinski definition) is 0. The highest BCUT2D eigenvalue weighted by atomic mass is 32.2. The van der Waals surface area contributed by atoms with Crippen molar-refractivity contribution < 1.29 is 13.2 Å². The minimum Gasteiger partial charge on any atom is -0.337 e. The molecule has 2 atom stereocenters. The maximum absolute atomic E-state index is 11.7. The molecule has 0 aromatic rings. The lowest BCUT2D eigenvalue weighted by atomic mass is 10.1. The fourth-order valence-electron chi connectivity index (χ4n) is 2.42. The van der Waals surface area contributed by atoms with Crippen molar-refractivity contribution in [1.29, 1.82) is 0 Å². The summed E-state index contributed by atoms with van der Waals surface area (Å²) in [6.07, 6.45) is 2.08. The number of nitrogens with zero attached hydrogens (tertiary/aromatic N) is 2. The summed E-state index contributed by atoms with van der Waals surface area (Å²) < 4.78 is 24.0. The van der Waals surface area contributed by atoms with Crippen molar-refractivity contribution in [1.82, 2.24) is 9.21 Å². The van der Waals surface area contributed by atoms with Gasteiger partial charge in [-0.1, -0.05) is 6.92 Å². The Labute approximate surface area is 90.1 Å². The highest BCUT2D eigenvalue weighted by Crippen LogP contribution is 2.27. The van der Waals surface area contributed by atoms with Gasteiger partial charge >= 0.3 is 0 Å². The van der Waals surface area contributed by atoms with E-state index < -0.39 is 10.0 Å². The number of fused-ring (bicyclic) bond motifs is 1. The van der Waals surface area contributed by atoms with Gasteiger partial charge in [-0.3, -0.25) is 4.79 Å². The van der Waals surface area contributed by atoms with Crippen molar-refractivity contribution in [2.24, 2.45) is 5.92 Å². The molecule has 2 unspecified atom stereocenters. The Kier molecular flexibility index (Phi) is 2.50. The predicted molar refractivity (Wildman–Crippen MR) is 55.7 cm³/mol. The number of amides is 1. The molecule has 0 spiro atoms. The number of carbonyl (C=O) groups excluding carboxylic acids is 1. The lowest BCUT2D eigenvalue weighted by molar-refractivity contribution is -0.135. The molecule has 2 aliphatic rings. The number of carbonyl (C=O) groups is 1. The predicted octanol–water partition coefficient (Wildman–Crippen LogP) is -0.501. The molecule has 0 radical (unpaired) electrons. The molecule has 2 aliphatic heterocycles. The molecule has 0 saturated carbocycles. The van der Waals surface area contributed by atoms with Gasteiger partial charge < -0.3 is 4.90 Å². The molecule has 5 nitrogen and oxygen atoms in total. The first kappa shape index (κ1) is 10.9. The molecule has 2 saturated heterocycles. The van der Waals surface area contributed by atoms with E-state index >= 15 is 0 Å². The molecular weight excluding hydrogens is 216 g/mol. The molecule has 0 bridgehead atoms. The molecule has 86 valence electrons. The Hall–Kier alpha value is -0.620. The first-order valence-electron chi connectivity index (χ1n) is 5.12. The van der Waals surface area contributed by atoms with Crippen LogP contribution in [0.25, 0.3) is 0 Å². The van der Waals surface area contributed by atoms with Gasteiger partial charge in [0.1, 0.15) is 0 Å². The molecule has 0 aliphatic carbocycles. The van der Waals surface area contributed by atoms with Crippen LogP contribution < -0.4 is 0 Å². The van der Waals surface area contributed by atoms with Crippen LogP contribution in [0.2, 0.25) is 0 Å². The minimum atomic E-state index is -3.23. The van der Waals surface area contributed by atoms with Gasteiger partial charge in [-0.25, -0.2) is 8.42 Å².